The van der Waals surface area contributed by atoms with Crippen LogP contribution in [0.15, 0.2) is 28.7 Å². The Morgan fingerprint density at radius 1 is 1.26 bits per heavy atom. The SMILES string of the molecule is CN(Cc1ccc(Br)cc1)CC(CC(=O)O)C(=O)O. The van der Waals surface area contributed by atoms with E-state index in [0.29, 0.717) is 6.54 Å². The molecule has 0 bridgehead atoms. The molecule has 0 saturated carbocycles. The highest BCUT2D eigenvalue weighted by molar-refractivity contribution is 9.10. The lowest BCUT2D eigenvalue weighted by Crippen LogP contribution is -2.31. The van der Waals surface area contributed by atoms with E-state index in [4.69, 9.17) is 10.2 Å². The number of nitrogens with zero attached hydrogens (tertiary/aromatic N) is 1. The second kappa shape index (κ2) is 7.25. The molecule has 0 fully saturated rings. The summed E-state index contributed by atoms with van der Waals surface area (Å²) in [6, 6.07) is 7.70. The van der Waals surface area contributed by atoms with E-state index < -0.39 is 17.9 Å². The van der Waals surface area contributed by atoms with Crippen LogP contribution < -0.4 is 0 Å². The minimum absolute atomic E-state index is 0.206. The maximum Gasteiger partial charge on any atom is 0.308 e. The molecule has 1 aromatic rings. The third-order valence-electron chi connectivity index (χ3n) is 2.67. The molecule has 0 spiro atoms. The monoisotopic (exact) mass is 329 g/mol. The van der Waals surface area contributed by atoms with Crippen LogP contribution in [0.3, 0.4) is 0 Å². The maximum atomic E-state index is 11.0. The van der Waals surface area contributed by atoms with E-state index in [0.717, 1.165) is 10.0 Å². The summed E-state index contributed by atoms with van der Waals surface area (Å²) in [5, 5.41) is 17.7. The summed E-state index contributed by atoms with van der Waals surface area (Å²) in [5.41, 5.74) is 1.05. The average molecular weight is 330 g/mol. The van der Waals surface area contributed by atoms with Crippen LogP contribution in [0.4, 0.5) is 0 Å². The lowest BCUT2D eigenvalue weighted by atomic mass is 10.1. The van der Waals surface area contributed by atoms with Crippen molar-refractivity contribution < 1.29 is 19.8 Å². The topological polar surface area (TPSA) is 77.8 Å². The van der Waals surface area contributed by atoms with Crippen LogP contribution in [0.1, 0.15) is 12.0 Å². The first-order chi connectivity index (χ1) is 8.88. The molecule has 0 amide bonds. The molecule has 0 aliphatic rings. The van der Waals surface area contributed by atoms with Crippen molar-refractivity contribution in [2.24, 2.45) is 5.92 Å². The van der Waals surface area contributed by atoms with Gasteiger partial charge in [0.05, 0.1) is 12.3 Å². The minimum Gasteiger partial charge on any atom is -0.481 e. The normalized spacial score (nSPS) is 12.4. The number of aliphatic carboxylic acids is 2. The van der Waals surface area contributed by atoms with Crippen LogP contribution >= 0.6 is 15.9 Å². The number of halogens is 1. The number of carboxylic acid groups (broad SMARTS) is 2. The van der Waals surface area contributed by atoms with Crippen LogP contribution in [0.2, 0.25) is 0 Å². The lowest BCUT2D eigenvalue weighted by molar-refractivity contribution is -0.148. The van der Waals surface area contributed by atoms with Gasteiger partial charge in [-0.25, -0.2) is 0 Å². The zero-order chi connectivity index (χ0) is 14.4. The predicted octanol–water partition coefficient (Wildman–Crippen LogP) is 2.06. The molecule has 6 heteroatoms. The molecule has 5 nitrogen and oxygen atoms in total. The van der Waals surface area contributed by atoms with E-state index in [1.54, 1.807) is 7.05 Å². The molecule has 0 radical (unpaired) electrons. The highest BCUT2D eigenvalue weighted by Gasteiger charge is 2.22. The zero-order valence-corrected chi connectivity index (χ0v) is 12.1. The van der Waals surface area contributed by atoms with E-state index in [9.17, 15) is 9.59 Å². The first-order valence-electron chi connectivity index (χ1n) is 5.76. The quantitative estimate of drug-likeness (QED) is 0.800. The molecule has 1 aromatic carbocycles. The number of rotatable bonds is 7. The molecular weight excluding hydrogens is 314 g/mol. The fraction of sp³-hybridized carbons (Fsp3) is 0.385. The van der Waals surface area contributed by atoms with Gasteiger partial charge < -0.3 is 15.1 Å². The van der Waals surface area contributed by atoms with Crippen molar-refractivity contribution in [2.75, 3.05) is 13.6 Å². The van der Waals surface area contributed by atoms with E-state index in [2.05, 4.69) is 15.9 Å². The van der Waals surface area contributed by atoms with Crippen molar-refractivity contribution >= 4 is 27.9 Å². The number of hydrogen-bond donors (Lipinski definition) is 2. The molecule has 104 valence electrons. The summed E-state index contributed by atoms with van der Waals surface area (Å²) in [6.07, 6.45) is -0.361. The van der Waals surface area contributed by atoms with Gasteiger partial charge >= 0.3 is 11.9 Å². The standard InChI is InChI=1S/C13H16BrNO4/c1-15(7-9-2-4-11(14)5-3-9)8-10(13(18)19)6-12(16)17/h2-5,10H,6-8H2,1H3,(H,16,17)(H,18,19). The molecule has 1 unspecified atom stereocenters. The Morgan fingerprint density at radius 3 is 2.32 bits per heavy atom. The fourth-order valence-corrected chi connectivity index (χ4v) is 2.05. The maximum absolute atomic E-state index is 11.0. The van der Waals surface area contributed by atoms with Gasteiger partial charge in [-0.15, -0.1) is 0 Å². The Bertz CT molecular complexity index is 446. The molecule has 1 rings (SSSR count). The minimum atomic E-state index is -1.09. The van der Waals surface area contributed by atoms with E-state index in [1.807, 2.05) is 29.2 Å². The van der Waals surface area contributed by atoms with Crippen molar-refractivity contribution in [1.82, 2.24) is 4.90 Å². The van der Waals surface area contributed by atoms with Crippen LogP contribution in [0, 0.1) is 5.92 Å². The van der Waals surface area contributed by atoms with Gasteiger partial charge in [-0.3, -0.25) is 9.59 Å². The van der Waals surface area contributed by atoms with Gasteiger partial charge in [0.1, 0.15) is 0 Å². The van der Waals surface area contributed by atoms with Crippen molar-refractivity contribution in [1.29, 1.82) is 0 Å². The van der Waals surface area contributed by atoms with Crippen molar-refractivity contribution in [3.8, 4) is 0 Å². The third kappa shape index (κ3) is 5.85. The highest BCUT2D eigenvalue weighted by Crippen LogP contribution is 2.13. The molecule has 0 aliphatic heterocycles. The zero-order valence-electron chi connectivity index (χ0n) is 10.5. The van der Waals surface area contributed by atoms with Gasteiger partial charge in [0.2, 0.25) is 0 Å². The Hall–Kier alpha value is -1.40. The van der Waals surface area contributed by atoms with E-state index >= 15 is 0 Å². The fourth-order valence-electron chi connectivity index (χ4n) is 1.78. The first-order valence-corrected chi connectivity index (χ1v) is 6.55. The molecule has 19 heavy (non-hydrogen) atoms. The van der Waals surface area contributed by atoms with E-state index in [1.165, 1.54) is 0 Å². The lowest BCUT2D eigenvalue weighted by Gasteiger charge is -2.20. The van der Waals surface area contributed by atoms with Crippen LogP contribution in [0.5, 0.6) is 0 Å². The second-order valence-electron chi connectivity index (χ2n) is 4.46. The van der Waals surface area contributed by atoms with Gasteiger partial charge in [0.15, 0.2) is 0 Å². The smallest absolute Gasteiger partial charge is 0.308 e. The van der Waals surface area contributed by atoms with Gasteiger partial charge in [-0.2, -0.15) is 0 Å². The first kappa shape index (κ1) is 15.7. The van der Waals surface area contributed by atoms with E-state index in [-0.39, 0.29) is 13.0 Å². The van der Waals surface area contributed by atoms with Crippen LogP contribution in [0.25, 0.3) is 0 Å². The Morgan fingerprint density at radius 2 is 1.84 bits per heavy atom. The molecule has 0 aliphatic carbocycles. The van der Waals surface area contributed by atoms with Gasteiger partial charge in [-0.1, -0.05) is 28.1 Å². The summed E-state index contributed by atoms with van der Waals surface area (Å²) in [6.45, 7) is 0.786. The summed E-state index contributed by atoms with van der Waals surface area (Å²) in [7, 11) is 1.78. The van der Waals surface area contributed by atoms with Gasteiger partial charge in [-0.05, 0) is 24.7 Å². The molecule has 0 aromatic heterocycles. The molecule has 0 heterocycles. The van der Waals surface area contributed by atoms with Crippen molar-refractivity contribution in [3.05, 3.63) is 34.3 Å². The Kier molecular flexibility index (Phi) is 5.98. The number of hydrogen-bond acceptors (Lipinski definition) is 3. The van der Waals surface area contributed by atoms with Crippen LogP contribution in [-0.2, 0) is 16.1 Å². The summed E-state index contributed by atoms with van der Waals surface area (Å²) in [4.78, 5) is 23.4. The number of carbonyl (C=O) groups is 2. The van der Waals surface area contributed by atoms with Crippen LogP contribution in [-0.4, -0.2) is 40.6 Å². The highest BCUT2D eigenvalue weighted by atomic mass is 79.9. The third-order valence-corrected chi connectivity index (χ3v) is 3.20. The van der Waals surface area contributed by atoms with Crippen molar-refractivity contribution in [2.45, 2.75) is 13.0 Å². The Labute approximate surface area is 120 Å². The molecular formula is C13H16BrNO4. The second-order valence-corrected chi connectivity index (χ2v) is 5.37. The predicted molar refractivity (Wildman–Crippen MR) is 73.9 cm³/mol. The summed E-state index contributed by atoms with van der Waals surface area (Å²) >= 11 is 3.34. The largest absolute Gasteiger partial charge is 0.481 e. The van der Waals surface area contributed by atoms with Crippen molar-refractivity contribution in [3.63, 3.8) is 0 Å². The average Bonchev–Trinajstić information content (AvgIpc) is 2.30. The molecule has 1 atom stereocenters. The Balaban J connectivity index is 2.57. The number of carboxylic acids is 2. The summed E-state index contributed by atoms with van der Waals surface area (Å²) < 4.78 is 0.980. The summed E-state index contributed by atoms with van der Waals surface area (Å²) in [5.74, 6) is -3.06. The molecule has 2 N–H and O–H groups in total. The van der Waals surface area contributed by atoms with Gasteiger partial charge in [0, 0.05) is 17.6 Å². The van der Waals surface area contributed by atoms with Gasteiger partial charge in [0.25, 0.3) is 0 Å². The number of benzene rings is 1. The molecule has 0 saturated heterocycles.